The fourth-order valence-electron chi connectivity index (χ4n) is 2.89. The van der Waals surface area contributed by atoms with E-state index in [1.165, 1.54) is 6.07 Å². The molecule has 0 aliphatic carbocycles. The van der Waals surface area contributed by atoms with E-state index in [0.29, 0.717) is 26.8 Å². The summed E-state index contributed by atoms with van der Waals surface area (Å²) in [6.07, 6.45) is 0. The van der Waals surface area contributed by atoms with Crippen molar-refractivity contribution in [3.8, 4) is 11.3 Å². The Hall–Kier alpha value is -2.29. The molecule has 0 saturated carbocycles. The van der Waals surface area contributed by atoms with Crippen LogP contribution in [0, 0.1) is 6.92 Å². The fourth-order valence-corrected chi connectivity index (χ4v) is 3.28. The van der Waals surface area contributed by atoms with Crippen molar-refractivity contribution in [2.24, 2.45) is 0 Å². The van der Waals surface area contributed by atoms with Crippen LogP contribution in [0.3, 0.4) is 0 Å². The van der Waals surface area contributed by atoms with Gasteiger partial charge in [-0.2, -0.15) is 0 Å². The Bertz CT molecular complexity index is 1160. The maximum atomic E-state index is 12.5. The molecule has 4 heteroatoms. The largest absolute Gasteiger partial charge is 0.456 e. The van der Waals surface area contributed by atoms with Gasteiger partial charge in [-0.05, 0) is 42.1 Å². The zero-order valence-electron chi connectivity index (χ0n) is 12.8. The first kappa shape index (κ1) is 15.3. The van der Waals surface area contributed by atoms with Crippen LogP contribution in [0.25, 0.3) is 33.1 Å². The molecule has 0 fully saturated rings. The van der Waals surface area contributed by atoms with E-state index >= 15 is 0 Å². The molecule has 1 aromatic heterocycles. The van der Waals surface area contributed by atoms with Gasteiger partial charge in [-0.25, -0.2) is 0 Å². The topological polar surface area (TPSA) is 30.2 Å². The Labute approximate surface area is 148 Å². The minimum Gasteiger partial charge on any atom is -0.456 e. The van der Waals surface area contributed by atoms with Crippen molar-refractivity contribution in [1.29, 1.82) is 0 Å². The van der Waals surface area contributed by atoms with Crippen molar-refractivity contribution in [2.45, 2.75) is 6.92 Å². The highest BCUT2D eigenvalue weighted by atomic mass is 35.5. The summed E-state index contributed by atoms with van der Waals surface area (Å²) in [4.78, 5) is 12.5. The fraction of sp³-hybridized carbons (Fsp3) is 0.0500. The molecule has 0 N–H and O–H groups in total. The third-order valence-corrected chi connectivity index (χ3v) is 4.88. The first-order valence-electron chi connectivity index (χ1n) is 7.46. The minimum absolute atomic E-state index is 0.118. The highest BCUT2D eigenvalue weighted by Crippen LogP contribution is 2.34. The number of fused-ring (bicyclic) bond motifs is 2. The lowest BCUT2D eigenvalue weighted by Gasteiger charge is -2.09. The van der Waals surface area contributed by atoms with Gasteiger partial charge < -0.3 is 4.42 Å². The standard InChI is InChI=1S/C20H12Cl2O2/c1-11-8-19-15(9-17(11)22)18(23)10-20(24-19)14-6-7-16(21)13-5-3-2-4-12(13)14/h2-10H,1H3. The summed E-state index contributed by atoms with van der Waals surface area (Å²) in [5.74, 6) is 0.516. The zero-order valence-corrected chi connectivity index (χ0v) is 14.3. The molecule has 2 nitrogen and oxygen atoms in total. The van der Waals surface area contributed by atoms with Crippen molar-refractivity contribution in [2.75, 3.05) is 0 Å². The van der Waals surface area contributed by atoms with Crippen LogP contribution in [-0.4, -0.2) is 0 Å². The molecule has 0 saturated heterocycles. The monoisotopic (exact) mass is 354 g/mol. The predicted octanol–water partition coefficient (Wildman–Crippen LogP) is 6.23. The molecule has 0 amide bonds. The Morgan fingerprint density at radius 1 is 0.833 bits per heavy atom. The van der Waals surface area contributed by atoms with Crippen LogP contribution in [0.15, 0.2) is 63.8 Å². The Morgan fingerprint density at radius 2 is 1.58 bits per heavy atom. The number of rotatable bonds is 1. The summed E-state index contributed by atoms with van der Waals surface area (Å²) in [6.45, 7) is 1.88. The first-order valence-corrected chi connectivity index (χ1v) is 8.22. The normalized spacial score (nSPS) is 11.3. The molecule has 0 aliphatic heterocycles. The quantitative estimate of drug-likeness (QED) is 0.405. The number of benzene rings is 3. The summed E-state index contributed by atoms with van der Waals surface area (Å²) in [6, 6.07) is 16.4. The molecular weight excluding hydrogens is 343 g/mol. The van der Waals surface area contributed by atoms with E-state index in [4.69, 9.17) is 27.6 Å². The first-order chi connectivity index (χ1) is 11.5. The van der Waals surface area contributed by atoms with Gasteiger partial charge in [-0.15, -0.1) is 0 Å². The second-order valence-electron chi connectivity index (χ2n) is 5.71. The second kappa shape index (κ2) is 5.66. The van der Waals surface area contributed by atoms with E-state index in [1.807, 2.05) is 43.3 Å². The molecule has 24 heavy (non-hydrogen) atoms. The maximum absolute atomic E-state index is 12.5. The molecule has 3 aromatic carbocycles. The smallest absolute Gasteiger partial charge is 0.193 e. The van der Waals surface area contributed by atoms with Crippen LogP contribution in [0.5, 0.6) is 0 Å². The van der Waals surface area contributed by atoms with Gasteiger partial charge >= 0.3 is 0 Å². The second-order valence-corrected chi connectivity index (χ2v) is 6.53. The van der Waals surface area contributed by atoms with E-state index in [0.717, 1.165) is 21.9 Å². The molecule has 0 bridgehead atoms. The highest BCUT2D eigenvalue weighted by molar-refractivity contribution is 6.36. The molecule has 0 radical (unpaired) electrons. The Kier molecular flexibility index (Phi) is 3.60. The lowest BCUT2D eigenvalue weighted by Crippen LogP contribution is -2.01. The minimum atomic E-state index is -0.118. The maximum Gasteiger partial charge on any atom is 0.193 e. The zero-order chi connectivity index (χ0) is 16.8. The van der Waals surface area contributed by atoms with E-state index in [9.17, 15) is 4.79 Å². The summed E-state index contributed by atoms with van der Waals surface area (Å²) < 4.78 is 6.01. The molecule has 0 aliphatic rings. The number of hydrogen-bond acceptors (Lipinski definition) is 2. The summed E-state index contributed by atoms with van der Waals surface area (Å²) in [5, 5.41) is 3.57. The summed E-state index contributed by atoms with van der Waals surface area (Å²) >= 11 is 12.4. The van der Waals surface area contributed by atoms with Crippen molar-refractivity contribution < 1.29 is 4.42 Å². The molecule has 1 heterocycles. The average Bonchev–Trinajstić information content (AvgIpc) is 2.57. The Morgan fingerprint density at radius 3 is 2.38 bits per heavy atom. The average molecular weight is 355 g/mol. The van der Waals surface area contributed by atoms with Gasteiger partial charge in [0.15, 0.2) is 5.43 Å². The van der Waals surface area contributed by atoms with Crippen molar-refractivity contribution in [3.63, 3.8) is 0 Å². The molecule has 4 rings (SSSR count). The molecule has 0 unspecified atom stereocenters. The van der Waals surface area contributed by atoms with Crippen molar-refractivity contribution in [3.05, 3.63) is 80.4 Å². The number of aryl methyl sites for hydroxylation is 1. The van der Waals surface area contributed by atoms with Crippen LogP contribution in [-0.2, 0) is 0 Å². The number of halogens is 2. The SMILES string of the molecule is Cc1cc2oc(-c3ccc(Cl)c4ccccc34)cc(=O)c2cc1Cl. The number of hydrogen-bond donors (Lipinski definition) is 0. The lowest BCUT2D eigenvalue weighted by atomic mass is 10.0. The third kappa shape index (κ3) is 2.39. The van der Waals surface area contributed by atoms with Gasteiger partial charge in [0.25, 0.3) is 0 Å². The summed E-state index contributed by atoms with van der Waals surface area (Å²) in [7, 11) is 0. The van der Waals surface area contributed by atoms with Crippen LogP contribution < -0.4 is 5.43 Å². The molecule has 4 aromatic rings. The van der Waals surface area contributed by atoms with E-state index in [1.54, 1.807) is 12.1 Å². The summed E-state index contributed by atoms with van der Waals surface area (Å²) in [5.41, 5.74) is 2.11. The van der Waals surface area contributed by atoms with Gasteiger partial charge in [0.1, 0.15) is 11.3 Å². The van der Waals surface area contributed by atoms with Crippen LogP contribution in [0.2, 0.25) is 10.0 Å². The molecular formula is C20H12Cl2O2. The molecule has 118 valence electrons. The van der Waals surface area contributed by atoms with Crippen LogP contribution in [0.4, 0.5) is 0 Å². The van der Waals surface area contributed by atoms with Gasteiger partial charge in [0, 0.05) is 27.1 Å². The molecule has 0 spiro atoms. The van der Waals surface area contributed by atoms with Gasteiger partial charge in [0.05, 0.1) is 5.39 Å². The van der Waals surface area contributed by atoms with E-state index < -0.39 is 0 Å². The van der Waals surface area contributed by atoms with Crippen molar-refractivity contribution in [1.82, 2.24) is 0 Å². The van der Waals surface area contributed by atoms with Crippen LogP contribution in [0.1, 0.15) is 5.56 Å². The third-order valence-electron chi connectivity index (χ3n) is 4.14. The van der Waals surface area contributed by atoms with Crippen LogP contribution >= 0.6 is 23.2 Å². The Balaban J connectivity index is 2.06. The van der Waals surface area contributed by atoms with E-state index in [-0.39, 0.29) is 5.43 Å². The lowest BCUT2D eigenvalue weighted by molar-refractivity contribution is 0.619. The molecule has 0 atom stereocenters. The van der Waals surface area contributed by atoms with Crippen molar-refractivity contribution >= 4 is 44.9 Å². The van der Waals surface area contributed by atoms with Gasteiger partial charge in [-0.3, -0.25) is 4.79 Å². The highest BCUT2D eigenvalue weighted by Gasteiger charge is 2.12. The van der Waals surface area contributed by atoms with Gasteiger partial charge in [-0.1, -0.05) is 47.5 Å². The van der Waals surface area contributed by atoms with E-state index in [2.05, 4.69) is 0 Å². The van der Waals surface area contributed by atoms with Gasteiger partial charge in [0.2, 0.25) is 0 Å². The predicted molar refractivity (Wildman–Crippen MR) is 100 cm³/mol.